The van der Waals surface area contributed by atoms with E-state index in [1.165, 1.54) is 25.5 Å². The highest BCUT2D eigenvalue weighted by Crippen LogP contribution is 2.33. The lowest BCUT2D eigenvalue weighted by atomic mass is 10.2. The van der Waals surface area contributed by atoms with Crippen LogP contribution in [-0.4, -0.2) is 31.8 Å². The van der Waals surface area contributed by atoms with E-state index in [9.17, 15) is 9.59 Å². The van der Waals surface area contributed by atoms with E-state index in [0.717, 1.165) is 0 Å². The first-order valence-corrected chi connectivity index (χ1v) is 6.61. The number of carbonyl (C=O) groups is 2. The van der Waals surface area contributed by atoms with Gasteiger partial charge >= 0.3 is 5.97 Å². The molecular formula is C13H11Cl2N3O4. The van der Waals surface area contributed by atoms with Gasteiger partial charge < -0.3 is 9.47 Å². The predicted octanol–water partition coefficient (Wildman–Crippen LogP) is 1.91. The molecule has 0 radical (unpaired) electrons. The van der Waals surface area contributed by atoms with Crippen molar-refractivity contribution in [2.45, 2.75) is 6.42 Å². The molecule has 0 atom stereocenters. The van der Waals surface area contributed by atoms with E-state index in [0.29, 0.717) is 5.56 Å². The molecule has 1 rings (SSSR count). The third-order valence-corrected chi connectivity index (χ3v) is 2.79. The molecule has 0 saturated carbocycles. The van der Waals surface area contributed by atoms with E-state index in [1.807, 2.05) is 0 Å². The Morgan fingerprint density at radius 3 is 2.59 bits per heavy atom. The lowest BCUT2D eigenvalue weighted by molar-refractivity contribution is -0.142. The molecule has 1 aromatic rings. The molecular weight excluding hydrogens is 333 g/mol. The number of ether oxygens (including phenoxy) is 2. The Balaban J connectivity index is 2.77. The number of methoxy groups -OCH3 is 1. The predicted molar refractivity (Wildman–Crippen MR) is 79.9 cm³/mol. The van der Waals surface area contributed by atoms with E-state index in [-0.39, 0.29) is 28.8 Å². The lowest BCUT2D eigenvalue weighted by Crippen LogP contribution is -2.16. The summed E-state index contributed by atoms with van der Waals surface area (Å²) in [4.78, 5) is 22.1. The van der Waals surface area contributed by atoms with Crippen molar-refractivity contribution in [1.29, 1.82) is 5.26 Å². The zero-order valence-electron chi connectivity index (χ0n) is 11.4. The van der Waals surface area contributed by atoms with Crippen molar-refractivity contribution in [3.8, 4) is 11.8 Å². The van der Waals surface area contributed by atoms with E-state index in [2.05, 4.69) is 15.3 Å². The summed E-state index contributed by atoms with van der Waals surface area (Å²) in [6, 6.07) is 4.66. The van der Waals surface area contributed by atoms with Crippen molar-refractivity contribution in [3.63, 3.8) is 0 Å². The fraction of sp³-hybridized carbons (Fsp3) is 0.231. The maximum atomic E-state index is 11.0. The van der Waals surface area contributed by atoms with Crippen molar-refractivity contribution in [2.24, 2.45) is 5.10 Å². The summed E-state index contributed by atoms with van der Waals surface area (Å²) in [5, 5.41) is 12.3. The molecule has 0 fully saturated rings. The number of hydrogen-bond donors (Lipinski definition) is 1. The van der Waals surface area contributed by atoms with Crippen molar-refractivity contribution < 1.29 is 19.1 Å². The Labute approximate surface area is 136 Å². The average Bonchev–Trinajstić information content (AvgIpc) is 2.46. The van der Waals surface area contributed by atoms with E-state index in [1.54, 1.807) is 6.07 Å². The normalized spacial score (nSPS) is 10.1. The molecule has 1 aromatic carbocycles. The van der Waals surface area contributed by atoms with Crippen LogP contribution in [0, 0.1) is 11.3 Å². The molecule has 116 valence electrons. The third-order valence-electron chi connectivity index (χ3n) is 2.23. The molecule has 1 N–H and O–H groups in total. The fourth-order valence-electron chi connectivity index (χ4n) is 1.27. The largest absolute Gasteiger partial charge is 0.479 e. The van der Waals surface area contributed by atoms with Gasteiger partial charge in [-0.3, -0.25) is 4.79 Å². The molecule has 1 amide bonds. The zero-order chi connectivity index (χ0) is 16.5. The summed E-state index contributed by atoms with van der Waals surface area (Å²) in [7, 11) is 1.23. The summed E-state index contributed by atoms with van der Waals surface area (Å²) in [5.74, 6) is -0.966. The summed E-state index contributed by atoms with van der Waals surface area (Å²) in [6.07, 6.45) is 1.01. The van der Waals surface area contributed by atoms with Crippen molar-refractivity contribution in [1.82, 2.24) is 5.43 Å². The molecule has 22 heavy (non-hydrogen) atoms. The van der Waals surface area contributed by atoms with Gasteiger partial charge in [0.2, 0.25) is 0 Å². The second-order valence-corrected chi connectivity index (χ2v) is 4.62. The molecule has 0 aliphatic rings. The lowest BCUT2D eigenvalue weighted by Gasteiger charge is -2.09. The Hall–Kier alpha value is -2.30. The molecule has 0 aliphatic carbocycles. The van der Waals surface area contributed by atoms with Crippen LogP contribution in [0.1, 0.15) is 12.0 Å². The summed E-state index contributed by atoms with van der Waals surface area (Å²) in [5.41, 5.74) is 2.66. The van der Waals surface area contributed by atoms with E-state index in [4.69, 9.17) is 33.2 Å². The van der Waals surface area contributed by atoms with Crippen LogP contribution in [0.3, 0.4) is 0 Å². The smallest absolute Gasteiger partial charge is 0.343 e. The number of hydrazone groups is 1. The van der Waals surface area contributed by atoms with Gasteiger partial charge in [-0.25, -0.2) is 10.2 Å². The second-order valence-electron chi connectivity index (χ2n) is 3.81. The van der Waals surface area contributed by atoms with Gasteiger partial charge in [0.25, 0.3) is 5.91 Å². The van der Waals surface area contributed by atoms with Gasteiger partial charge in [-0.05, 0) is 17.7 Å². The number of benzene rings is 1. The molecule has 0 heterocycles. The molecule has 0 unspecified atom stereocenters. The van der Waals surface area contributed by atoms with Gasteiger partial charge in [-0.1, -0.05) is 23.2 Å². The first-order valence-electron chi connectivity index (χ1n) is 5.85. The number of halogens is 2. The van der Waals surface area contributed by atoms with Crippen LogP contribution in [0.2, 0.25) is 10.0 Å². The highest BCUT2D eigenvalue weighted by Gasteiger charge is 2.11. The molecule has 0 bridgehead atoms. The minimum absolute atomic E-state index is 0.138. The number of rotatable bonds is 6. The molecule has 0 aliphatic heterocycles. The zero-order valence-corrected chi connectivity index (χ0v) is 12.9. The Morgan fingerprint density at radius 1 is 1.41 bits per heavy atom. The molecule has 7 nitrogen and oxygen atoms in total. The average molecular weight is 344 g/mol. The summed E-state index contributed by atoms with van der Waals surface area (Å²) < 4.78 is 9.60. The third kappa shape index (κ3) is 5.60. The first-order chi connectivity index (χ1) is 10.5. The molecule has 0 saturated heterocycles. The van der Waals surface area contributed by atoms with Gasteiger partial charge in [-0.2, -0.15) is 10.4 Å². The summed E-state index contributed by atoms with van der Waals surface area (Å²) >= 11 is 12.0. The van der Waals surface area contributed by atoms with Crippen LogP contribution in [0.15, 0.2) is 17.2 Å². The van der Waals surface area contributed by atoms with Gasteiger partial charge in [-0.15, -0.1) is 0 Å². The molecule has 0 spiro atoms. The number of esters is 1. The number of amides is 1. The SMILES string of the molecule is COC(=O)COc1c(Cl)cc(/C=N/NC(=O)CC#N)cc1Cl. The van der Waals surface area contributed by atoms with Crippen LogP contribution in [0.4, 0.5) is 0 Å². The van der Waals surface area contributed by atoms with Crippen LogP contribution in [0.5, 0.6) is 5.75 Å². The second kappa shape index (κ2) is 8.87. The topological polar surface area (TPSA) is 101 Å². The van der Waals surface area contributed by atoms with Gasteiger partial charge in [0.15, 0.2) is 12.4 Å². The van der Waals surface area contributed by atoms with Crippen LogP contribution in [-0.2, 0) is 14.3 Å². The molecule has 9 heteroatoms. The van der Waals surface area contributed by atoms with Gasteiger partial charge in [0, 0.05) is 0 Å². The van der Waals surface area contributed by atoms with E-state index >= 15 is 0 Å². The maximum absolute atomic E-state index is 11.0. The number of nitrogens with zero attached hydrogens (tertiary/aromatic N) is 2. The van der Waals surface area contributed by atoms with Crippen LogP contribution < -0.4 is 10.2 Å². The number of nitriles is 1. The first kappa shape index (κ1) is 17.8. The van der Waals surface area contributed by atoms with E-state index < -0.39 is 11.9 Å². The van der Waals surface area contributed by atoms with Crippen molar-refractivity contribution >= 4 is 41.3 Å². The number of hydrogen-bond acceptors (Lipinski definition) is 6. The standard InChI is InChI=1S/C13H11Cl2N3O4/c1-21-12(20)7-22-13-9(14)4-8(5-10(13)15)6-17-18-11(19)2-3-16/h4-6H,2,7H2,1H3,(H,18,19)/b17-6+. The fourth-order valence-corrected chi connectivity index (χ4v) is 1.89. The van der Waals surface area contributed by atoms with Gasteiger partial charge in [0.1, 0.15) is 6.42 Å². The Bertz CT molecular complexity index is 618. The minimum atomic E-state index is -0.571. The van der Waals surface area contributed by atoms with Crippen molar-refractivity contribution in [2.75, 3.05) is 13.7 Å². The van der Waals surface area contributed by atoms with Crippen LogP contribution in [0.25, 0.3) is 0 Å². The Kier molecular flexibility index (Phi) is 7.16. The molecule has 0 aromatic heterocycles. The maximum Gasteiger partial charge on any atom is 0.343 e. The highest BCUT2D eigenvalue weighted by atomic mass is 35.5. The number of carbonyl (C=O) groups excluding carboxylic acids is 2. The number of nitrogens with one attached hydrogen (secondary N) is 1. The quantitative estimate of drug-likeness (QED) is 0.483. The van der Waals surface area contributed by atoms with Crippen molar-refractivity contribution in [3.05, 3.63) is 27.7 Å². The highest BCUT2D eigenvalue weighted by molar-refractivity contribution is 6.37. The minimum Gasteiger partial charge on any atom is -0.479 e. The monoisotopic (exact) mass is 343 g/mol. The Morgan fingerprint density at radius 2 is 2.05 bits per heavy atom. The van der Waals surface area contributed by atoms with Crippen LogP contribution >= 0.6 is 23.2 Å². The van der Waals surface area contributed by atoms with Gasteiger partial charge in [0.05, 0.1) is 29.4 Å². The summed E-state index contributed by atoms with van der Waals surface area (Å²) in [6.45, 7) is -0.326.